The summed E-state index contributed by atoms with van der Waals surface area (Å²) in [7, 11) is 0. The maximum atomic E-state index is 12.8. The summed E-state index contributed by atoms with van der Waals surface area (Å²) in [5.74, 6) is -0.0600. The Hall–Kier alpha value is -3.38. The fraction of sp³-hybridized carbons (Fsp3) is 0.130. The largest absolute Gasteiger partial charge is 0.361 e. The van der Waals surface area contributed by atoms with E-state index in [1.165, 1.54) is 10.9 Å². The average Bonchev–Trinajstić information content (AvgIpc) is 3.47. The van der Waals surface area contributed by atoms with E-state index in [9.17, 15) is 4.79 Å². The minimum atomic E-state index is -0.0600. The first-order valence-corrected chi connectivity index (χ1v) is 10.4. The average molecular weight is 401 g/mol. The van der Waals surface area contributed by atoms with Gasteiger partial charge in [0.05, 0.1) is 10.2 Å². The van der Waals surface area contributed by atoms with Gasteiger partial charge in [-0.25, -0.2) is 4.98 Å². The molecule has 0 saturated heterocycles. The van der Waals surface area contributed by atoms with Gasteiger partial charge >= 0.3 is 0 Å². The minimum Gasteiger partial charge on any atom is -0.361 e. The van der Waals surface area contributed by atoms with Crippen molar-refractivity contribution in [2.45, 2.75) is 19.4 Å². The van der Waals surface area contributed by atoms with E-state index in [2.05, 4.69) is 27.4 Å². The van der Waals surface area contributed by atoms with Crippen LogP contribution in [0.5, 0.6) is 0 Å². The summed E-state index contributed by atoms with van der Waals surface area (Å²) < 4.78 is 2.99. The summed E-state index contributed by atoms with van der Waals surface area (Å²) in [6.07, 6.45) is 6.74. The van der Waals surface area contributed by atoms with Crippen LogP contribution in [0.2, 0.25) is 0 Å². The normalized spacial score (nSPS) is 12.4. The van der Waals surface area contributed by atoms with E-state index >= 15 is 0 Å². The molecule has 0 aliphatic heterocycles. The molecule has 2 N–H and O–H groups in total. The van der Waals surface area contributed by atoms with Crippen LogP contribution in [0.3, 0.4) is 0 Å². The van der Waals surface area contributed by atoms with Gasteiger partial charge in [0.15, 0.2) is 5.13 Å². The van der Waals surface area contributed by atoms with Gasteiger partial charge in [-0.15, -0.1) is 0 Å². The molecule has 0 radical (unpaired) electrons. The highest BCUT2D eigenvalue weighted by atomic mass is 32.1. The molecule has 3 aromatic heterocycles. The van der Waals surface area contributed by atoms with Gasteiger partial charge in [-0.3, -0.25) is 4.79 Å². The van der Waals surface area contributed by atoms with Gasteiger partial charge in [-0.05, 0) is 55.3 Å². The second-order valence-corrected chi connectivity index (χ2v) is 8.22. The zero-order valence-corrected chi connectivity index (χ0v) is 16.7. The molecule has 1 amide bonds. The Kier molecular flexibility index (Phi) is 4.41. The van der Waals surface area contributed by atoms with Crippen LogP contribution in [0.25, 0.3) is 26.3 Å². The third-order valence-electron chi connectivity index (χ3n) is 5.04. The second kappa shape index (κ2) is 7.22. The molecule has 6 heteroatoms. The Labute approximate surface area is 172 Å². The van der Waals surface area contributed by atoms with Crippen LogP contribution in [0.4, 0.5) is 0 Å². The lowest BCUT2D eigenvalue weighted by Gasteiger charge is -2.13. The van der Waals surface area contributed by atoms with Crippen molar-refractivity contribution >= 4 is 38.4 Å². The molecule has 3 heterocycles. The highest BCUT2D eigenvalue weighted by molar-refractivity contribution is 7.20. The summed E-state index contributed by atoms with van der Waals surface area (Å²) in [5, 5.41) is 5.23. The number of H-pyrrole nitrogens is 1. The molecule has 5 nitrogen and oxygen atoms in total. The zero-order chi connectivity index (χ0) is 19.8. The molecular weight excluding hydrogens is 380 g/mol. The molecule has 2 aromatic carbocycles. The SMILES string of the molecule is CC(Cc1c[nH]c2ccccc12)NC(=O)c1ccc2nc(-n3cccc3)sc2c1. The number of fused-ring (bicyclic) bond motifs is 2. The molecule has 0 fully saturated rings. The number of nitrogens with one attached hydrogen (secondary N) is 2. The van der Waals surface area contributed by atoms with Crippen LogP contribution in [0, 0.1) is 0 Å². The number of rotatable bonds is 5. The topological polar surface area (TPSA) is 62.7 Å². The van der Waals surface area contributed by atoms with E-state index in [4.69, 9.17) is 0 Å². The Morgan fingerprint density at radius 1 is 1.17 bits per heavy atom. The van der Waals surface area contributed by atoms with Crippen molar-refractivity contribution < 1.29 is 4.79 Å². The predicted octanol–water partition coefficient (Wildman–Crippen LogP) is 4.93. The van der Waals surface area contributed by atoms with Gasteiger partial charge in [0.2, 0.25) is 0 Å². The van der Waals surface area contributed by atoms with Gasteiger partial charge in [0.1, 0.15) is 0 Å². The Morgan fingerprint density at radius 2 is 2.00 bits per heavy atom. The third-order valence-corrected chi connectivity index (χ3v) is 6.07. The molecule has 0 bridgehead atoms. The Balaban J connectivity index is 1.32. The fourth-order valence-corrected chi connectivity index (χ4v) is 4.59. The van der Waals surface area contributed by atoms with Gasteiger partial charge in [0.25, 0.3) is 5.91 Å². The van der Waals surface area contributed by atoms with Crippen LogP contribution in [-0.4, -0.2) is 26.5 Å². The number of benzene rings is 2. The van der Waals surface area contributed by atoms with Crippen LogP contribution in [0.1, 0.15) is 22.8 Å². The summed E-state index contributed by atoms with van der Waals surface area (Å²) in [6, 6.07) is 17.9. The summed E-state index contributed by atoms with van der Waals surface area (Å²) in [6.45, 7) is 2.04. The molecule has 0 aliphatic carbocycles. The summed E-state index contributed by atoms with van der Waals surface area (Å²) in [5.41, 5.74) is 3.89. The zero-order valence-electron chi connectivity index (χ0n) is 15.9. The van der Waals surface area contributed by atoms with Crippen molar-refractivity contribution in [3.8, 4) is 5.13 Å². The van der Waals surface area contributed by atoms with E-state index in [1.54, 1.807) is 11.3 Å². The first-order valence-electron chi connectivity index (χ1n) is 9.57. The molecule has 1 unspecified atom stereocenters. The maximum absolute atomic E-state index is 12.8. The number of aromatic amines is 1. The maximum Gasteiger partial charge on any atom is 0.251 e. The lowest BCUT2D eigenvalue weighted by Crippen LogP contribution is -2.34. The van der Waals surface area contributed by atoms with Gasteiger partial charge in [-0.2, -0.15) is 0 Å². The van der Waals surface area contributed by atoms with Crippen molar-refractivity contribution in [1.29, 1.82) is 0 Å². The second-order valence-electron chi connectivity index (χ2n) is 7.21. The van der Waals surface area contributed by atoms with Crippen molar-refractivity contribution in [3.63, 3.8) is 0 Å². The predicted molar refractivity (Wildman–Crippen MR) is 118 cm³/mol. The molecular formula is C23H20N4OS. The Bertz CT molecular complexity index is 1300. The van der Waals surface area contributed by atoms with Crippen molar-refractivity contribution in [2.24, 2.45) is 0 Å². The van der Waals surface area contributed by atoms with Crippen LogP contribution < -0.4 is 5.32 Å². The van der Waals surface area contributed by atoms with Crippen LogP contribution in [-0.2, 0) is 6.42 Å². The molecule has 5 aromatic rings. The number of amides is 1. The molecule has 29 heavy (non-hydrogen) atoms. The van der Waals surface area contributed by atoms with E-state index in [1.807, 2.05) is 72.5 Å². The number of hydrogen-bond acceptors (Lipinski definition) is 3. The van der Waals surface area contributed by atoms with Crippen LogP contribution in [0.15, 0.2) is 73.2 Å². The van der Waals surface area contributed by atoms with Crippen LogP contribution >= 0.6 is 11.3 Å². The number of carbonyl (C=O) groups excluding carboxylic acids is 1. The van der Waals surface area contributed by atoms with Gasteiger partial charge < -0.3 is 14.9 Å². The summed E-state index contributed by atoms with van der Waals surface area (Å²) in [4.78, 5) is 20.7. The molecule has 5 rings (SSSR count). The fourth-order valence-electron chi connectivity index (χ4n) is 3.61. The number of hydrogen-bond donors (Lipinski definition) is 2. The van der Waals surface area contributed by atoms with Gasteiger partial charge in [0, 0.05) is 41.1 Å². The number of para-hydroxylation sites is 1. The molecule has 0 saturated carbocycles. The lowest BCUT2D eigenvalue weighted by atomic mass is 10.1. The monoisotopic (exact) mass is 400 g/mol. The van der Waals surface area contributed by atoms with Crippen molar-refractivity contribution in [2.75, 3.05) is 0 Å². The Morgan fingerprint density at radius 3 is 2.86 bits per heavy atom. The van der Waals surface area contributed by atoms with Crippen molar-refractivity contribution in [1.82, 2.24) is 19.9 Å². The molecule has 0 aliphatic rings. The highest BCUT2D eigenvalue weighted by Crippen LogP contribution is 2.26. The van der Waals surface area contributed by atoms with E-state index in [0.29, 0.717) is 5.56 Å². The van der Waals surface area contributed by atoms with Gasteiger partial charge in [-0.1, -0.05) is 29.5 Å². The molecule has 1 atom stereocenters. The third kappa shape index (κ3) is 3.43. The van der Waals surface area contributed by atoms with E-state index in [0.717, 1.165) is 27.3 Å². The number of carbonyl (C=O) groups is 1. The number of aromatic nitrogens is 3. The number of nitrogens with zero attached hydrogens (tertiary/aromatic N) is 2. The number of thiazole rings is 1. The minimum absolute atomic E-state index is 0.0225. The molecule has 144 valence electrons. The highest BCUT2D eigenvalue weighted by Gasteiger charge is 2.14. The lowest BCUT2D eigenvalue weighted by molar-refractivity contribution is 0.0940. The molecule has 0 spiro atoms. The standard InChI is InChI=1S/C23H20N4OS/c1-15(12-17-14-24-19-7-3-2-6-18(17)19)25-22(28)16-8-9-20-21(13-16)29-23(26-20)27-10-4-5-11-27/h2-11,13-15,24H,12H2,1H3,(H,25,28). The first kappa shape index (κ1) is 17.7. The van der Waals surface area contributed by atoms with Crippen molar-refractivity contribution in [3.05, 3.63) is 84.3 Å². The quantitative estimate of drug-likeness (QED) is 0.439. The van der Waals surface area contributed by atoms with E-state index in [-0.39, 0.29) is 11.9 Å². The summed E-state index contributed by atoms with van der Waals surface area (Å²) >= 11 is 1.58. The van der Waals surface area contributed by atoms with E-state index < -0.39 is 0 Å². The smallest absolute Gasteiger partial charge is 0.251 e. The first-order chi connectivity index (χ1) is 14.2.